The molecule has 0 amide bonds. The van der Waals surface area contributed by atoms with Crippen molar-refractivity contribution in [2.24, 2.45) is 11.8 Å². The zero-order valence-electron chi connectivity index (χ0n) is 12.7. The topological polar surface area (TPSA) is 12.0 Å². The van der Waals surface area contributed by atoms with E-state index >= 15 is 0 Å². The van der Waals surface area contributed by atoms with Crippen molar-refractivity contribution in [3.8, 4) is 0 Å². The molecule has 20 heavy (non-hydrogen) atoms. The van der Waals surface area contributed by atoms with Crippen molar-refractivity contribution in [1.82, 2.24) is 0 Å². The second-order valence-corrected chi connectivity index (χ2v) is 7.07. The molecule has 0 saturated carbocycles. The first kappa shape index (κ1) is 17.3. The molecule has 0 atom stereocenters. The Bertz CT molecular complexity index is 367. The third-order valence-electron chi connectivity index (χ3n) is 2.96. The molecule has 0 unspecified atom stereocenters. The number of hydrogen-bond donors (Lipinski definition) is 1. The van der Waals surface area contributed by atoms with Crippen molar-refractivity contribution in [1.29, 1.82) is 0 Å². The minimum Gasteiger partial charge on any atom is -0.382 e. The summed E-state index contributed by atoms with van der Waals surface area (Å²) in [5.74, 6) is -1.08. The molecule has 1 aromatic rings. The lowest BCUT2D eigenvalue weighted by atomic mass is 9.95. The molecule has 1 aromatic carbocycles. The highest BCUT2D eigenvalue weighted by atomic mass is 32.2. The smallest absolute Gasteiger partial charge is 0.288 e. The first-order valence-electron chi connectivity index (χ1n) is 7.18. The number of halogens is 2. The minimum absolute atomic E-state index is 0.434. The fraction of sp³-hybridized carbons (Fsp3) is 0.625. The van der Waals surface area contributed by atoms with Gasteiger partial charge in [-0.3, -0.25) is 0 Å². The fourth-order valence-electron chi connectivity index (χ4n) is 2.32. The SMILES string of the molecule is CC(C)CC(CC(C)C)Nc1ccc(SC(F)F)cc1. The molecule has 1 nitrogen and oxygen atoms in total. The molecular weight excluding hydrogens is 276 g/mol. The largest absolute Gasteiger partial charge is 0.382 e. The predicted octanol–water partition coefficient (Wildman–Crippen LogP) is 5.87. The summed E-state index contributed by atoms with van der Waals surface area (Å²) in [7, 11) is 0. The molecule has 0 bridgehead atoms. The van der Waals surface area contributed by atoms with Crippen LogP contribution in [0, 0.1) is 11.8 Å². The number of nitrogens with one attached hydrogen (secondary N) is 1. The van der Waals surface area contributed by atoms with E-state index in [4.69, 9.17) is 0 Å². The lowest BCUT2D eigenvalue weighted by molar-refractivity contribution is 0.252. The van der Waals surface area contributed by atoms with Gasteiger partial charge in [0.1, 0.15) is 0 Å². The van der Waals surface area contributed by atoms with Crippen LogP contribution >= 0.6 is 11.8 Å². The minimum atomic E-state index is -2.36. The van der Waals surface area contributed by atoms with Crippen LogP contribution in [0.1, 0.15) is 40.5 Å². The quantitative estimate of drug-likeness (QED) is 0.602. The zero-order chi connectivity index (χ0) is 15.1. The van der Waals surface area contributed by atoms with Gasteiger partial charge in [-0.2, -0.15) is 8.78 Å². The van der Waals surface area contributed by atoms with Crippen molar-refractivity contribution in [2.75, 3.05) is 5.32 Å². The molecule has 0 saturated heterocycles. The van der Waals surface area contributed by atoms with Gasteiger partial charge in [0.25, 0.3) is 5.76 Å². The Labute approximate surface area is 125 Å². The summed E-state index contributed by atoms with van der Waals surface area (Å²) in [5, 5.41) is 3.53. The third kappa shape index (κ3) is 7.13. The van der Waals surface area contributed by atoms with Gasteiger partial charge in [-0.25, -0.2) is 0 Å². The Morgan fingerprint density at radius 2 is 1.45 bits per heavy atom. The average Bonchev–Trinajstić information content (AvgIpc) is 2.29. The maximum atomic E-state index is 12.3. The van der Waals surface area contributed by atoms with Crippen LogP contribution in [0.25, 0.3) is 0 Å². The predicted molar refractivity (Wildman–Crippen MR) is 84.6 cm³/mol. The van der Waals surface area contributed by atoms with Gasteiger partial charge in [0, 0.05) is 16.6 Å². The summed E-state index contributed by atoms with van der Waals surface area (Å²) < 4.78 is 24.5. The molecule has 0 fully saturated rings. The average molecular weight is 301 g/mol. The van der Waals surface area contributed by atoms with Gasteiger partial charge in [0.2, 0.25) is 0 Å². The Hall–Kier alpha value is -0.770. The van der Waals surface area contributed by atoms with Crippen LogP contribution in [0.2, 0.25) is 0 Å². The van der Waals surface area contributed by atoms with Crippen LogP contribution in [-0.4, -0.2) is 11.8 Å². The maximum Gasteiger partial charge on any atom is 0.288 e. The van der Waals surface area contributed by atoms with E-state index in [1.807, 2.05) is 12.1 Å². The van der Waals surface area contributed by atoms with E-state index in [-0.39, 0.29) is 0 Å². The Morgan fingerprint density at radius 1 is 0.950 bits per heavy atom. The lowest BCUT2D eigenvalue weighted by Gasteiger charge is -2.23. The van der Waals surface area contributed by atoms with E-state index in [0.29, 0.717) is 34.5 Å². The second-order valence-electron chi connectivity index (χ2n) is 6.00. The molecule has 0 heterocycles. The highest BCUT2D eigenvalue weighted by Crippen LogP contribution is 2.27. The molecule has 0 aromatic heterocycles. The normalized spacial score (nSPS) is 11.9. The Morgan fingerprint density at radius 3 is 1.85 bits per heavy atom. The Balaban J connectivity index is 2.63. The third-order valence-corrected chi connectivity index (χ3v) is 3.68. The molecule has 0 aliphatic heterocycles. The highest BCUT2D eigenvalue weighted by Gasteiger charge is 2.13. The molecule has 0 aliphatic rings. The van der Waals surface area contributed by atoms with Crippen molar-refractivity contribution >= 4 is 17.4 Å². The lowest BCUT2D eigenvalue weighted by Crippen LogP contribution is -2.23. The van der Waals surface area contributed by atoms with E-state index in [0.717, 1.165) is 18.5 Å². The zero-order valence-corrected chi connectivity index (χ0v) is 13.5. The summed E-state index contributed by atoms with van der Waals surface area (Å²) in [6.45, 7) is 8.88. The molecule has 1 N–H and O–H groups in total. The van der Waals surface area contributed by atoms with Gasteiger partial charge < -0.3 is 5.32 Å². The first-order valence-corrected chi connectivity index (χ1v) is 8.06. The van der Waals surface area contributed by atoms with Crippen LogP contribution in [0.5, 0.6) is 0 Å². The van der Waals surface area contributed by atoms with Gasteiger partial charge >= 0.3 is 0 Å². The van der Waals surface area contributed by atoms with Crippen LogP contribution in [0.4, 0.5) is 14.5 Å². The van der Waals surface area contributed by atoms with Crippen LogP contribution < -0.4 is 5.32 Å². The number of hydrogen-bond acceptors (Lipinski definition) is 2. The molecule has 0 spiro atoms. The van der Waals surface area contributed by atoms with Crippen molar-refractivity contribution < 1.29 is 8.78 Å². The van der Waals surface area contributed by atoms with E-state index < -0.39 is 5.76 Å². The first-order chi connectivity index (χ1) is 9.36. The molecule has 4 heteroatoms. The number of thioether (sulfide) groups is 1. The van der Waals surface area contributed by atoms with Gasteiger partial charge in [-0.15, -0.1) is 0 Å². The summed E-state index contributed by atoms with van der Waals surface area (Å²) >= 11 is 0.586. The fourth-order valence-corrected chi connectivity index (χ4v) is 2.82. The molecule has 1 rings (SSSR count). The van der Waals surface area contributed by atoms with Crippen molar-refractivity contribution in [3.05, 3.63) is 24.3 Å². The standard InChI is InChI=1S/C16H25F2NS/c1-11(2)9-14(10-12(3)4)19-13-5-7-15(8-6-13)20-16(17)18/h5-8,11-12,14,16,19H,9-10H2,1-4H3. The van der Waals surface area contributed by atoms with Gasteiger partial charge in [0.05, 0.1) is 0 Å². The van der Waals surface area contributed by atoms with Gasteiger partial charge in [0.15, 0.2) is 0 Å². The molecule has 0 aliphatic carbocycles. The van der Waals surface area contributed by atoms with Crippen molar-refractivity contribution in [2.45, 2.75) is 57.2 Å². The molecule has 114 valence electrons. The van der Waals surface area contributed by atoms with Crippen LogP contribution in [0.3, 0.4) is 0 Å². The Kier molecular flexibility index (Phi) is 7.35. The van der Waals surface area contributed by atoms with Gasteiger partial charge in [-0.1, -0.05) is 39.5 Å². The highest BCUT2D eigenvalue weighted by molar-refractivity contribution is 7.99. The van der Waals surface area contributed by atoms with E-state index in [9.17, 15) is 8.78 Å². The van der Waals surface area contributed by atoms with Gasteiger partial charge in [-0.05, 0) is 48.9 Å². The van der Waals surface area contributed by atoms with E-state index in [2.05, 4.69) is 33.0 Å². The summed E-state index contributed by atoms with van der Waals surface area (Å²) in [5.41, 5.74) is 1.01. The number of benzene rings is 1. The monoisotopic (exact) mass is 301 g/mol. The number of anilines is 1. The second kappa shape index (κ2) is 8.50. The number of rotatable bonds is 8. The molecule has 0 radical (unpaired) electrons. The molecular formula is C16H25F2NS. The summed E-state index contributed by atoms with van der Waals surface area (Å²) in [4.78, 5) is 0.606. The van der Waals surface area contributed by atoms with E-state index in [1.54, 1.807) is 12.1 Å². The summed E-state index contributed by atoms with van der Waals surface area (Å²) in [6, 6.07) is 7.71. The van der Waals surface area contributed by atoms with Crippen LogP contribution in [0.15, 0.2) is 29.2 Å². The maximum absolute atomic E-state index is 12.3. The van der Waals surface area contributed by atoms with Crippen LogP contribution in [-0.2, 0) is 0 Å². The van der Waals surface area contributed by atoms with Crippen molar-refractivity contribution in [3.63, 3.8) is 0 Å². The number of alkyl halides is 2. The van der Waals surface area contributed by atoms with E-state index in [1.165, 1.54) is 0 Å². The summed E-state index contributed by atoms with van der Waals surface area (Å²) in [6.07, 6.45) is 2.23.